The highest BCUT2D eigenvalue weighted by atomic mass is 35.5. The molecule has 0 atom stereocenters. The van der Waals surface area contributed by atoms with E-state index in [4.69, 9.17) is 16.3 Å². The normalized spacial score (nSPS) is 9.94. The first-order chi connectivity index (χ1) is 8.65. The fourth-order valence-corrected chi connectivity index (χ4v) is 1.58. The van der Waals surface area contributed by atoms with E-state index in [1.165, 1.54) is 5.57 Å². The number of halogens is 1. The van der Waals surface area contributed by atoms with E-state index in [9.17, 15) is 0 Å². The first-order valence-electron chi connectivity index (χ1n) is 5.56. The summed E-state index contributed by atoms with van der Waals surface area (Å²) in [7, 11) is 0. The van der Waals surface area contributed by atoms with Gasteiger partial charge < -0.3 is 4.74 Å². The molecule has 3 nitrogen and oxygen atoms in total. The number of benzene rings is 1. The van der Waals surface area contributed by atoms with Crippen LogP contribution in [0.1, 0.15) is 19.4 Å². The van der Waals surface area contributed by atoms with E-state index in [2.05, 4.69) is 16.3 Å². The Morgan fingerprint density at radius 1 is 1.11 bits per heavy atom. The molecule has 0 aliphatic rings. The minimum Gasteiger partial charge on any atom is -0.437 e. The quantitative estimate of drug-likeness (QED) is 0.823. The molecule has 2 rings (SSSR count). The van der Waals surface area contributed by atoms with E-state index in [0.29, 0.717) is 11.0 Å². The average molecular weight is 261 g/mol. The summed E-state index contributed by atoms with van der Waals surface area (Å²) in [6.07, 6.45) is 2.05. The molecule has 0 N–H and O–H groups in total. The lowest BCUT2D eigenvalue weighted by Gasteiger charge is -2.07. The van der Waals surface area contributed by atoms with Gasteiger partial charge in [0.15, 0.2) is 5.15 Å². The third kappa shape index (κ3) is 3.31. The van der Waals surface area contributed by atoms with Crippen molar-refractivity contribution in [2.75, 3.05) is 0 Å². The number of nitrogens with zero attached hydrogens (tertiary/aromatic N) is 2. The molecule has 0 spiro atoms. The van der Waals surface area contributed by atoms with Crippen LogP contribution in [-0.2, 0) is 0 Å². The lowest BCUT2D eigenvalue weighted by Crippen LogP contribution is -1.92. The van der Waals surface area contributed by atoms with Gasteiger partial charge in [-0.25, -0.2) is 0 Å². The lowest BCUT2D eigenvalue weighted by molar-refractivity contribution is 0.454. The largest absolute Gasteiger partial charge is 0.437 e. The van der Waals surface area contributed by atoms with Crippen LogP contribution in [0.15, 0.2) is 42.0 Å². The zero-order chi connectivity index (χ0) is 13.0. The lowest BCUT2D eigenvalue weighted by atomic mass is 10.1. The van der Waals surface area contributed by atoms with Crippen LogP contribution >= 0.6 is 11.6 Å². The van der Waals surface area contributed by atoms with Gasteiger partial charge in [-0.15, -0.1) is 10.2 Å². The van der Waals surface area contributed by atoms with Crippen LogP contribution in [-0.4, -0.2) is 10.2 Å². The summed E-state index contributed by atoms with van der Waals surface area (Å²) in [5.41, 5.74) is 2.21. The van der Waals surface area contributed by atoms with E-state index >= 15 is 0 Å². The van der Waals surface area contributed by atoms with Crippen molar-refractivity contribution in [1.82, 2.24) is 10.2 Å². The van der Waals surface area contributed by atoms with E-state index in [1.807, 2.05) is 38.1 Å². The van der Waals surface area contributed by atoms with Crippen LogP contribution in [0.3, 0.4) is 0 Å². The minimum absolute atomic E-state index is 0.347. The summed E-state index contributed by atoms with van der Waals surface area (Å²) in [4.78, 5) is 0. The standard InChI is InChI=1S/C14H13ClN2O/c1-10(2)9-11-5-3-4-6-12(11)18-14-8-7-13(15)16-17-14/h3-9H,1-2H3. The molecule has 18 heavy (non-hydrogen) atoms. The Labute approximate surface area is 111 Å². The zero-order valence-electron chi connectivity index (χ0n) is 10.2. The van der Waals surface area contributed by atoms with Gasteiger partial charge in [0.05, 0.1) is 0 Å². The second-order valence-corrected chi connectivity index (χ2v) is 4.44. The summed E-state index contributed by atoms with van der Waals surface area (Å²) in [6.45, 7) is 4.08. The number of para-hydroxylation sites is 1. The molecule has 1 aromatic heterocycles. The topological polar surface area (TPSA) is 35.0 Å². The molecule has 2 aromatic rings. The van der Waals surface area contributed by atoms with Crippen molar-refractivity contribution < 1.29 is 4.74 Å². The van der Waals surface area contributed by atoms with Gasteiger partial charge in [0.1, 0.15) is 5.75 Å². The Morgan fingerprint density at radius 3 is 2.56 bits per heavy atom. The molecule has 4 heteroatoms. The zero-order valence-corrected chi connectivity index (χ0v) is 11.0. The SMILES string of the molecule is CC(C)=Cc1ccccc1Oc1ccc(Cl)nn1. The van der Waals surface area contributed by atoms with E-state index in [1.54, 1.807) is 12.1 Å². The number of allylic oxidation sites excluding steroid dienone is 1. The monoisotopic (exact) mass is 260 g/mol. The average Bonchev–Trinajstić information content (AvgIpc) is 2.34. The molecule has 1 heterocycles. The number of hydrogen-bond donors (Lipinski definition) is 0. The van der Waals surface area contributed by atoms with Crippen molar-refractivity contribution in [3.63, 3.8) is 0 Å². The Morgan fingerprint density at radius 2 is 1.89 bits per heavy atom. The summed E-state index contributed by atoms with van der Waals surface area (Å²) >= 11 is 5.68. The Hall–Kier alpha value is -1.87. The molecule has 0 unspecified atom stereocenters. The molecule has 92 valence electrons. The van der Waals surface area contributed by atoms with Gasteiger partial charge in [0.2, 0.25) is 5.88 Å². The predicted octanol–water partition coefficient (Wildman–Crippen LogP) is 4.35. The molecule has 0 amide bonds. The molecule has 0 saturated carbocycles. The van der Waals surface area contributed by atoms with Crippen LogP contribution in [0.5, 0.6) is 11.6 Å². The summed E-state index contributed by atoms with van der Waals surface area (Å²) in [5.74, 6) is 1.17. The summed E-state index contributed by atoms with van der Waals surface area (Å²) in [6, 6.07) is 11.1. The highest BCUT2D eigenvalue weighted by Gasteiger charge is 2.03. The van der Waals surface area contributed by atoms with Crippen molar-refractivity contribution >= 4 is 17.7 Å². The molecule has 1 aromatic carbocycles. The molecule has 0 aliphatic carbocycles. The second-order valence-electron chi connectivity index (χ2n) is 4.06. The highest BCUT2D eigenvalue weighted by Crippen LogP contribution is 2.25. The summed E-state index contributed by atoms with van der Waals surface area (Å²) in [5, 5.41) is 7.96. The maximum Gasteiger partial charge on any atom is 0.238 e. The van der Waals surface area contributed by atoms with Crippen molar-refractivity contribution in [2.45, 2.75) is 13.8 Å². The molecule has 0 aliphatic heterocycles. The third-order valence-electron chi connectivity index (χ3n) is 2.19. The first-order valence-corrected chi connectivity index (χ1v) is 5.94. The maximum atomic E-state index is 5.69. The predicted molar refractivity (Wildman–Crippen MR) is 72.9 cm³/mol. The van der Waals surface area contributed by atoms with Crippen molar-refractivity contribution in [1.29, 1.82) is 0 Å². The smallest absolute Gasteiger partial charge is 0.238 e. The van der Waals surface area contributed by atoms with Crippen molar-refractivity contribution in [3.8, 4) is 11.6 Å². The fourth-order valence-electron chi connectivity index (χ4n) is 1.47. The van der Waals surface area contributed by atoms with Crippen LogP contribution in [0.2, 0.25) is 5.15 Å². The van der Waals surface area contributed by atoms with Crippen LogP contribution < -0.4 is 4.74 Å². The van der Waals surface area contributed by atoms with E-state index in [0.717, 1.165) is 11.3 Å². The van der Waals surface area contributed by atoms with Gasteiger partial charge >= 0.3 is 0 Å². The van der Waals surface area contributed by atoms with E-state index in [-0.39, 0.29) is 0 Å². The highest BCUT2D eigenvalue weighted by molar-refractivity contribution is 6.29. The van der Waals surface area contributed by atoms with Crippen molar-refractivity contribution in [2.24, 2.45) is 0 Å². The first kappa shape index (κ1) is 12.6. The summed E-state index contributed by atoms with van der Waals surface area (Å²) < 4.78 is 5.69. The van der Waals surface area contributed by atoms with Crippen LogP contribution in [0.25, 0.3) is 6.08 Å². The van der Waals surface area contributed by atoms with Gasteiger partial charge in [-0.1, -0.05) is 41.4 Å². The van der Waals surface area contributed by atoms with Gasteiger partial charge in [-0.2, -0.15) is 0 Å². The Kier molecular flexibility index (Phi) is 3.95. The Bertz CT molecular complexity index is 560. The molecule has 0 radical (unpaired) electrons. The molecular weight excluding hydrogens is 248 g/mol. The molecule has 0 fully saturated rings. The second kappa shape index (κ2) is 5.65. The third-order valence-corrected chi connectivity index (χ3v) is 2.39. The fraction of sp³-hybridized carbons (Fsp3) is 0.143. The van der Waals surface area contributed by atoms with Gasteiger partial charge in [-0.3, -0.25) is 0 Å². The molecule has 0 bridgehead atoms. The van der Waals surface area contributed by atoms with Gasteiger partial charge in [-0.05, 0) is 26.0 Å². The van der Waals surface area contributed by atoms with Gasteiger partial charge in [0.25, 0.3) is 0 Å². The van der Waals surface area contributed by atoms with Crippen molar-refractivity contribution in [3.05, 3.63) is 52.7 Å². The Balaban J connectivity index is 2.29. The number of rotatable bonds is 3. The van der Waals surface area contributed by atoms with Gasteiger partial charge in [0, 0.05) is 11.6 Å². The van der Waals surface area contributed by atoms with E-state index < -0.39 is 0 Å². The maximum absolute atomic E-state index is 5.69. The molecule has 0 saturated heterocycles. The van der Waals surface area contributed by atoms with Crippen LogP contribution in [0.4, 0.5) is 0 Å². The van der Waals surface area contributed by atoms with Crippen LogP contribution in [0, 0.1) is 0 Å². The number of aromatic nitrogens is 2. The number of hydrogen-bond acceptors (Lipinski definition) is 3. The molecular formula is C14H13ClN2O. The number of ether oxygens (including phenoxy) is 1. The minimum atomic E-state index is 0.347.